The van der Waals surface area contributed by atoms with Crippen molar-refractivity contribution in [3.05, 3.63) is 56.2 Å². The van der Waals surface area contributed by atoms with Crippen LogP contribution in [0.2, 0.25) is 8.67 Å². The van der Waals surface area contributed by atoms with Crippen molar-refractivity contribution in [1.29, 1.82) is 0 Å². The summed E-state index contributed by atoms with van der Waals surface area (Å²) in [4.78, 5) is 14.3. The Morgan fingerprint density at radius 2 is 1.91 bits per heavy atom. The quantitative estimate of drug-likeness (QED) is 0.858. The average Bonchev–Trinajstić information content (AvgIpc) is 3.02. The van der Waals surface area contributed by atoms with Gasteiger partial charge in [0.25, 0.3) is 5.91 Å². The van der Waals surface area contributed by atoms with Crippen LogP contribution < -0.4 is 5.73 Å². The molecule has 3 rings (SSSR count). The van der Waals surface area contributed by atoms with E-state index in [1.807, 2.05) is 30.3 Å². The van der Waals surface area contributed by atoms with Gasteiger partial charge in [0.2, 0.25) is 0 Å². The maximum Gasteiger partial charge on any atom is 0.256 e. The summed E-state index contributed by atoms with van der Waals surface area (Å²) in [5.41, 5.74) is 7.84. The van der Waals surface area contributed by atoms with E-state index in [-0.39, 0.29) is 30.3 Å². The molecule has 2 atom stereocenters. The molecule has 0 spiro atoms. The first-order chi connectivity index (χ1) is 10.1. The number of halogens is 3. The molecular formula is C15H15Cl3N2OS. The van der Waals surface area contributed by atoms with Crippen molar-refractivity contribution in [3.63, 3.8) is 0 Å². The zero-order chi connectivity index (χ0) is 15.0. The highest BCUT2D eigenvalue weighted by atomic mass is 35.5. The van der Waals surface area contributed by atoms with Gasteiger partial charge in [-0.3, -0.25) is 4.79 Å². The first-order valence-electron chi connectivity index (χ1n) is 6.61. The Labute approximate surface area is 149 Å². The van der Waals surface area contributed by atoms with Crippen LogP contribution in [0.5, 0.6) is 0 Å². The number of hydrogen-bond acceptors (Lipinski definition) is 3. The first kappa shape index (κ1) is 17.6. The number of carbonyl (C=O) groups is 1. The molecule has 1 amide bonds. The van der Waals surface area contributed by atoms with Gasteiger partial charge in [-0.1, -0.05) is 53.5 Å². The van der Waals surface area contributed by atoms with Crippen molar-refractivity contribution in [1.82, 2.24) is 4.90 Å². The molecule has 1 saturated heterocycles. The summed E-state index contributed by atoms with van der Waals surface area (Å²) in [6.07, 6.45) is 0. The van der Waals surface area contributed by atoms with E-state index in [1.54, 1.807) is 11.0 Å². The normalized spacial score (nSPS) is 20.8. The number of carbonyl (C=O) groups excluding carboxylic acids is 1. The van der Waals surface area contributed by atoms with Gasteiger partial charge in [0.05, 0.1) is 9.90 Å². The highest BCUT2D eigenvalue weighted by molar-refractivity contribution is 7.20. The Bertz CT molecular complexity index is 662. The molecule has 3 nitrogen and oxygen atoms in total. The third-order valence-electron chi connectivity index (χ3n) is 3.77. The summed E-state index contributed by atoms with van der Waals surface area (Å²) >= 11 is 13.2. The molecule has 1 fully saturated rings. The van der Waals surface area contributed by atoms with Gasteiger partial charge in [-0.25, -0.2) is 0 Å². The number of thiophene rings is 1. The number of nitrogens with two attached hydrogens (primary N) is 1. The lowest BCUT2D eigenvalue weighted by Crippen LogP contribution is -2.32. The molecule has 0 unspecified atom stereocenters. The van der Waals surface area contributed by atoms with Crippen molar-refractivity contribution < 1.29 is 4.79 Å². The van der Waals surface area contributed by atoms with Crippen molar-refractivity contribution >= 4 is 52.9 Å². The van der Waals surface area contributed by atoms with Crippen LogP contribution in [-0.4, -0.2) is 29.9 Å². The van der Waals surface area contributed by atoms with Crippen molar-refractivity contribution in [2.75, 3.05) is 13.1 Å². The Balaban J connectivity index is 0.00000176. The lowest BCUT2D eigenvalue weighted by molar-refractivity contribution is 0.0790. The SMILES string of the molecule is Cl.N[C@@H]1CN(C(=O)c2cc(Cl)sc2Cl)C[C@H]1c1ccccc1. The predicted octanol–water partition coefficient (Wildman–Crippen LogP) is 4.04. The summed E-state index contributed by atoms with van der Waals surface area (Å²) in [5, 5.41) is 0. The Morgan fingerprint density at radius 1 is 1.23 bits per heavy atom. The molecule has 1 aromatic heterocycles. The molecule has 1 aliphatic rings. The minimum Gasteiger partial charge on any atom is -0.336 e. The minimum atomic E-state index is -0.1000. The van der Waals surface area contributed by atoms with E-state index in [0.29, 0.717) is 27.3 Å². The molecule has 2 aromatic rings. The number of benzene rings is 1. The van der Waals surface area contributed by atoms with Gasteiger partial charge < -0.3 is 10.6 Å². The Morgan fingerprint density at radius 3 is 2.50 bits per heavy atom. The summed E-state index contributed by atoms with van der Waals surface area (Å²) < 4.78 is 0.952. The summed E-state index contributed by atoms with van der Waals surface area (Å²) in [6, 6.07) is 11.6. The molecule has 1 aromatic carbocycles. The van der Waals surface area contributed by atoms with Crippen LogP contribution >= 0.6 is 46.9 Å². The molecule has 0 aliphatic carbocycles. The van der Waals surface area contributed by atoms with E-state index in [1.165, 1.54) is 11.3 Å². The molecule has 0 bridgehead atoms. The van der Waals surface area contributed by atoms with Crippen LogP contribution in [0.4, 0.5) is 0 Å². The molecule has 0 saturated carbocycles. The monoisotopic (exact) mass is 376 g/mol. The van der Waals surface area contributed by atoms with Gasteiger partial charge in [-0.05, 0) is 11.6 Å². The van der Waals surface area contributed by atoms with Crippen LogP contribution in [0.1, 0.15) is 21.8 Å². The maximum atomic E-state index is 12.5. The smallest absolute Gasteiger partial charge is 0.256 e. The second-order valence-electron chi connectivity index (χ2n) is 5.13. The molecule has 2 heterocycles. The lowest BCUT2D eigenvalue weighted by Gasteiger charge is -2.16. The maximum absolute atomic E-state index is 12.5. The highest BCUT2D eigenvalue weighted by Gasteiger charge is 2.35. The first-order valence-corrected chi connectivity index (χ1v) is 8.18. The number of hydrogen-bond donors (Lipinski definition) is 1. The topological polar surface area (TPSA) is 46.3 Å². The number of nitrogens with zero attached hydrogens (tertiary/aromatic N) is 1. The van der Waals surface area contributed by atoms with E-state index < -0.39 is 0 Å². The summed E-state index contributed by atoms with van der Waals surface area (Å²) in [6.45, 7) is 1.13. The highest BCUT2D eigenvalue weighted by Crippen LogP contribution is 2.34. The Kier molecular flexibility index (Phi) is 5.75. The summed E-state index contributed by atoms with van der Waals surface area (Å²) in [5.74, 6) is 0.0556. The zero-order valence-electron chi connectivity index (χ0n) is 11.5. The largest absolute Gasteiger partial charge is 0.336 e. The van der Waals surface area contributed by atoms with Crippen LogP contribution in [-0.2, 0) is 0 Å². The van der Waals surface area contributed by atoms with Gasteiger partial charge in [0, 0.05) is 25.0 Å². The van der Waals surface area contributed by atoms with Gasteiger partial charge in [-0.15, -0.1) is 23.7 Å². The fourth-order valence-corrected chi connectivity index (χ4v) is 4.15. The second-order valence-corrected chi connectivity index (χ2v) is 7.41. The van der Waals surface area contributed by atoms with Crippen LogP contribution in [0.15, 0.2) is 36.4 Å². The lowest BCUT2D eigenvalue weighted by atomic mass is 9.95. The fourth-order valence-electron chi connectivity index (χ4n) is 2.70. The third kappa shape index (κ3) is 3.42. The Hall–Kier alpha value is -0.780. The van der Waals surface area contributed by atoms with Crippen molar-refractivity contribution in [2.45, 2.75) is 12.0 Å². The van der Waals surface area contributed by atoms with E-state index in [4.69, 9.17) is 28.9 Å². The molecule has 22 heavy (non-hydrogen) atoms. The number of rotatable bonds is 2. The van der Waals surface area contributed by atoms with Crippen LogP contribution in [0, 0.1) is 0 Å². The molecule has 7 heteroatoms. The molecule has 0 radical (unpaired) electrons. The van der Waals surface area contributed by atoms with E-state index in [9.17, 15) is 4.79 Å². The third-order valence-corrected chi connectivity index (χ3v) is 5.25. The average molecular weight is 378 g/mol. The number of likely N-dealkylation sites (tertiary alicyclic amines) is 1. The van der Waals surface area contributed by atoms with E-state index >= 15 is 0 Å². The predicted molar refractivity (Wildman–Crippen MR) is 94.6 cm³/mol. The molecular weight excluding hydrogens is 363 g/mol. The zero-order valence-corrected chi connectivity index (χ0v) is 14.7. The van der Waals surface area contributed by atoms with Crippen LogP contribution in [0.3, 0.4) is 0 Å². The number of amides is 1. The van der Waals surface area contributed by atoms with Crippen molar-refractivity contribution in [3.8, 4) is 0 Å². The minimum absolute atomic E-state index is 0. The molecule has 1 aliphatic heterocycles. The van der Waals surface area contributed by atoms with Gasteiger partial charge >= 0.3 is 0 Å². The van der Waals surface area contributed by atoms with Crippen molar-refractivity contribution in [2.24, 2.45) is 5.73 Å². The van der Waals surface area contributed by atoms with Crippen LogP contribution in [0.25, 0.3) is 0 Å². The molecule has 2 N–H and O–H groups in total. The second kappa shape index (κ2) is 7.20. The van der Waals surface area contributed by atoms with Gasteiger partial charge in [0.15, 0.2) is 0 Å². The van der Waals surface area contributed by atoms with E-state index in [0.717, 1.165) is 5.56 Å². The van der Waals surface area contributed by atoms with Gasteiger partial charge in [0.1, 0.15) is 4.34 Å². The summed E-state index contributed by atoms with van der Waals surface area (Å²) in [7, 11) is 0. The van der Waals surface area contributed by atoms with Gasteiger partial charge in [-0.2, -0.15) is 0 Å². The standard InChI is InChI=1S/C15H14Cl2N2OS.ClH/c16-13-6-10(14(17)21-13)15(20)19-7-11(12(18)8-19)9-4-2-1-3-5-9;/h1-6,11-12H,7-8,18H2;1H/t11-,12+;/m0./s1. The molecule has 118 valence electrons. The fraction of sp³-hybridized carbons (Fsp3) is 0.267. The van der Waals surface area contributed by atoms with E-state index in [2.05, 4.69) is 0 Å².